The van der Waals surface area contributed by atoms with Crippen LogP contribution in [0.2, 0.25) is 0 Å². The number of amides is 1. The third-order valence-electron chi connectivity index (χ3n) is 6.30. The first-order valence-corrected chi connectivity index (χ1v) is 11.4. The Morgan fingerprint density at radius 1 is 1.25 bits per heavy atom. The van der Waals surface area contributed by atoms with Gasteiger partial charge in [0.25, 0.3) is 5.91 Å². The molecule has 6 heteroatoms. The van der Waals surface area contributed by atoms with Crippen molar-refractivity contribution in [2.75, 3.05) is 23.3 Å². The van der Waals surface area contributed by atoms with Crippen molar-refractivity contribution in [3.8, 4) is 0 Å². The SMILES string of the molecule is CCCN1c2cc(F)c(/C=N\NC(=O)CNc3ccc(C)c(C)c3)cc2C(C)CC1(C)C. The highest BCUT2D eigenvalue weighted by atomic mass is 19.1. The number of carbonyl (C=O) groups excluding carboxylic acids is 1. The molecule has 2 N–H and O–H groups in total. The maximum Gasteiger partial charge on any atom is 0.259 e. The van der Waals surface area contributed by atoms with E-state index in [1.807, 2.05) is 38.1 Å². The molecular weight excluding hydrogens is 403 g/mol. The van der Waals surface area contributed by atoms with Gasteiger partial charge in [0.1, 0.15) is 5.82 Å². The average Bonchev–Trinajstić information content (AvgIpc) is 2.72. The molecular formula is C26H35FN4O. The monoisotopic (exact) mass is 438 g/mol. The fourth-order valence-electron chi connectivity index (χ4n) is 4.51. The minimum Gasteiger partial charge on any atom is -0.376 e. The van der Waals surface area contributed by atoms with Gasteiger partial charge in [-0.2, -0.15) is 5.10 Å². The molecule has 0 bridgehead atoms. The maximum absolute atomic E-state index is 14.9. The van der Waals surface area contributed by atoms with Gasteiger partial charge in [-0.25, -0.2) is 9.82 Å². The van der Waals surface area contributed by atoms with Gasteiger partial charge in [-0.1, -0.05) is 19.9 Å². The molecule has 1 atom stereocenters. The number of hydrogen-bond acceptors (Lipinski definition) is 4. The summed E-state index contributed by atoms with van der Waals surface area (Å²) in [4.78, 5) is 14.4. The van der Waals surface area contributed by atoms with Crippen molar-refractivity contribution in [1.29, 1.82) is 0 Å². The molecule has 0 aromatic heterocycles. The largest absolute Gasteiger partial charge is 0.376 e. The standard InChI is InChI=1S/C26H35FN4O/c1-7-10-31-24-13-23(27)20(12-22(24)19(4)14-26(31,5)6)15-29-30-25(32)16-28-21-9-8-17(2)18(3)11-21/h8-9,11-13,15,19,28H,7,10,14,16H2,1-6H3,(H,30,32)/b29-15-. The first kappa shape index (κ1) is 23.8. The molecule has 172 valence electrons. The predicted octanol–water partition coefficient (Wildman–Crippen LogP) is 5.51. The average molecular weight is 439 g/mol. The van der Waals surface area contributed by atoms with Crippen molar-refractivity contribution in [2.24, 2.45) is 5.10 Å². The van der Waals surface area contributed by atoms with Crippen LogP contribution in [0, 0.1) is 19.7 Å². The smallest absolute Gasteiger partial charge is 0.259 e. The maximum atomic E-state index is 14.9. The van der Waals surface area contributed by atoms with E-state index >= 15 is 0 Å². The summed E-state index contributed by atoms with van der Waals surface area (Å²) in [6.07, 6.45) is 3.40. The lowest BCUT2D eigenvalue weighted by atomic mass is 9.79. The number of benzene rings is 2. The molecule has 1 heterocycles. The highest BCUT2D eigenvalue weighted by Gasteiger charge is 2.36. The molecule has 5 nitrogen and oxygen atoms in total. The van der Waals surface area contributed by atoms with Crippen LogP contribution in [-0.4, -0.2) is 30.8 Å². The topological polar surface area (TPSA) is 56.7 Å². The Labute approximate surface area is 191 Å². The fraction of sp³-hybridized carbons (Fsp3) is 0.462. The number of halogens is 1. The molecule has 2 aromatic carbocycles. The summed E-state index contributed by atoms with van der Waals surface area (Å²) < 4.78 is 14.9. The Morgan fingerprint density at radius 3 is 2.69 bits per heavy atom. The van der Waals surface area contributed by atoms with Gasteiger partial charge in [-0.15, -0.1) is 0 Å². The summed E-state index contributed by atoms with van der Waals surface area (Å²) in [5.41, 5.74) is 8.18. The van der Waals surface area contributed by atoms with E-state index in [1.54, 1.807) is 6.07 Å². The van der Waals surface area contributed by atoms with Gasteiger partial charge < -0.3 is 10.2 Å². The highest BCUT2D eigenvalue weighted by molar-refractivity contribution is 5.85. The Morgan fingerprint density at radius 2 is 2.00 bits per heavy atom. The molecule has 0 saturated heterocycles. The summed E-state index contributed by atoms with van der Waals surface area (Å²) in [6, 6.07) is 9.43. The van der Waals surface area contributed by atoms with Crippen LogP contribution in [0.4, 0.5) is 15.8 Å². The fourth-order valence-corrected chi connectivity index (χ4v) is 4.51. The number of hydrazone groups is 1. The quantitative estimate of drug-likeness (QED) is 0.443. The van der Waals surface area contributed by atoms with Gasteiger partial charge in [0.2, 0.25) is 0 Å². The first-order valence-electron chi connectivity index (χ1n) is 11.4. The van der Waals surface area contributed by atoms with E-state index < -0.39 is 0 Å². The van der Waals surface area contributed by atoms with Crippen LogP contribution < -0.4 is 15.6 Å². The van der Waals surface area contributed by atoms with Gasteiger partial charge in [0.15, 0.2) is 0 Å². The molecule has 1 aliphatic rings. The van der Waals surface area contributed by atoms with Crippen molar-refractivity contribution in [3.63, 3.8) is 0 Å². The van der Waals surface area contributed by atoms with Gasteiger partial charge in [0.05, 0.1) is 12.8 Å². The van der Waals surface area contributed by atoms with Gasteiger partial charge >= 0.3 is 0 Å². The molecule has 32 heavy (non-hydrogen) atoms. The molecule has 0 saturated carbocycles. The zero-order chi connectivity index (χ0) is 23.5. The van der Waals surface area contributed by atoms with Crippen LogP contribution in [0.3, 0.4) is 0 Å². The molecule has 3 rings (SSSR count). The molecule has 0 spiro atoms. The lowest BCUT2D eigenvalue weighted by Gasteiger charge is -2.47. The summed E-state index contributed by atoms with van der Waals surface area (Å²) in [5, 5.41) is 7.06. The molecule has 1 amide bonds. The summed E-state index contributed by atoms with van der Waals surface area (Å²) in [6.45, 7) is 13.8. The molecule has 0 fully saturated rings. The number of aryl methyl sites for hydroxylation is 2. The number of nitrogens with one attached hydrogen (secondary N) is 2. The number of anilines is 2. The summed E-state index contributed by atoms with van der Waals surface area (Å²) in [5.74, 6) is -0.305. The summed E-state index contributed by atoms with van der Waals surface area (Å²) in [7, 11) is 0. The zero-order valence-electron chi connectivity index (χ0n) is 20.1. The van der Waals surface area contributed by atoms with Crippen LogP contribution in [0.25, 0.3) is 0 Å². The van der Waals surface area contributed by atoms with Gasteiger partial charge in [-0.05, 0) is 87.4 Å². The van der Waals surface area contributed by atoms with Crippen molar-refractivity contribution in [1.82, 2.24) is 5.43 Å². The lowest BCUT2D eigenvalue weighted by molar-refractivity contribution is -0.119. The summed E-state index contributed by atoms with van der Waals surface area (Å²) >= 11 is 0. The number of nitrogens with zero attached hydrogens (tertiary/aromatic N) is 2. The molecule has 0 aliphatic carbocycles. The Hall–Kier alpha value is -2.89. The number of carbonyl (C=O) groups is 1. The van der Waals surface area contributed by atoms with E-state index in [-0.39, 0.29) is 23.8 Å². The van der Waals surface area contributed by atoms with Crippen molar-refractivity contribution < 1.29 is 9.18 Å². The molecule has 1 unspecified atom stereocenters. The first-order chi connectivity index (χ1) is 15.1. The Bertz CT molecular complexity index is 1020. The second-order valence-corrected chi connectivity index (χ2v) is 9.45. The van der Waals surface area contributed by atoms with Gasteiger partial charge in [0, 0.05) is 29.0 Å². The minimum atomic E-state index is -0.332. The van der Waals surface area contributed by atoms with E-state index in [9.17, 15) is 9.18 Å². The number of fused-ring (bicyclic) bond motifs is 1. The van der Waals surface area contributed by atoms with Crippen LogP contribution in [-0.2, 0) is 4.79 Å². The minimum absolute atomic E-state index is 0.0125. The number of hydrogen-bond donors (Lipinski definition) is 2. The van der Waals surface area contributed by atoms with Crippen molar-refractivity contribution in [2.45, 2.75) is 65.8 Å². The second-order valence-electron chi connectivity index (χ2n) is 9.45. The predicted molar refractivity (Wildman–Crippen MR) is 131 cm³/mol. The molecule has 1 aliphatic heterocycles. The third kappa shape index (κ3) is 5.29. The Kier molecular flexibility index (Phi) is 7.22. The van der Waals surface area contributed by atoms with Crippen molar-refractivity contribution >= 4 is 23.5 Å². The van der Waals surface area contributed by atoms with E-state index in [1.165, 1.54) is 11.8 Å². The Balaban J connectivity index is 1.68. The second kappa shape index (κ2) is 9.72. The van der Waals surface area contributed by atoms with Crippen LogP contribution >= 0.6 is 0 Å². The van der Waals surface area contributed by atoms with E-state index in [4.69, 9.17) is 0 Å². The number of rotatable bonds is 7. The third-order valence-corrected chi connectivity index (χ3v) is 6.30. The lowest BCUT2D eigenvalue weighted by Crippen LogP contribution is -2.48. The normalized spacial score (nSPS) is 17.3. The van der Waals surface area contributed by atoms with Crippen LogP contribution in [0.5, 0.6) is 0 Å². The van der Waals surface area contributed by atoms with Crippen LogP contribution in [0.15, 0.2) is 35.4 Å². The van der Waals surface area contributed by atoms with Gasteiger partial charge in [-0.3, -0.25) is 4.79 Å². The van der Waals surface area contributed by atoms with Crippen molar-refractivity contribution in [3.05, 3.63) is 58.4 Å². The molecule has 0 radical (unpaired) electrons. The molecule has 2 aromatic rings. The highest BCUT2D eigenvalue weighted by Crippen LogP contribution is 2.44. The van der Waals surface area contributed by atoms with E-state index in [2.05, 4.69) is 48.4 Å². The van der Waals surface area contributed by atoms with E-state index in [0.29, 0.717) is 11.5 Å². The zero-order valence-corrected chi connectivity index (χ0v) is 20.1. The van der Waals surface area contributed by atoms with E-state index in [0.717, 1.165) is 41.9 Å². The van der Waals surface area contributed by atoms with Crippen LogP contribution in [0.1, 0.15) is 68.7 Å².